The van der Waals surface area contributed by atoms with E-state index in [9.17, 15) is 9.59 Å². The molecular formula is C56H76N2O16+2. The van der Waals surface area contributed by atoms with E-state index in [-0.39, 0.29) is 25.3 Å². The SMILES string of the molecule is COc1cc(C[C@@H]2c3c(cc(OC)c(OC)c3OC)CC[N+]2(C)CCCOC(=O)C=CC(=O)OCCC[N@+]2(C)CCc3cc(OC)c(OC)c(OC)c3[C@H]2Cc2cc(OC)c(OC)c(OC)c2)cc(OC)c1OC. The zero-order chi connectivity index (χ0) is 53.7. The van der Waals surface area contributed by atoms with Crippen LogP contribution in [-0.4, -0.2) is 160 Å². The first-order chi connectivity index (χ1) is 35.7. The molecule has 0 amide bonds. The van der Waals surface area contributed by atoms with E-state index in [0.29, 0.717) is 117 Å². The van der Waals surface area contributed by atoms with E-state index in [1.54, 1.807) is 85.3 Å². The Morgan fingerprint density at radius 2 is 0.730 bits per heavy atom. The number of hydrogen-bond donors (Lipinski definition) is 0. The molecular weight excluding hydrogens is 957 g/mol. The van der Waals surface area contributed by atoms with Crippen LogP contribution in [0.2, 0.25) is 0 Å². The van der Waals surface area contributed by atoms with Crippen molar-refractivity contribution in [2.75, 3.05) is 139 Å². The smallest absolute Gasteiger partial charge is 0.331 e. The summed E-state index contributed by atoms with van der Waals surface area (Å²) in [6, 6.07) is 11.7. The number of carbonyl (C=O) groups excluding carboxylic acids is 2. The van der Waals surface area contributed by atoms with Gasteiger partial charge in [0.25, 0.3) is 0 Å². The zero-order valence-electron chi connectivity index (χ0n) is 45.7. The van der Waals surface area contributed by atoms with E-state index in [1.807, 2.05) is 36.4 Å². The van der Waals surface area contributed by atoms with Crippen molar-refractivity contribution in [1.29, 1.82) is 0 Å². The molecule has 4 aromatic carbocycles. The molecule has 18 nitrogen and oxygen atoms in total. The van der Waals surface area contributed by atoms with Crippen LogP contribution in [-0.2, 0) is 44.7 Å². The molecule has 2 aliphatic heterocycles. The Hall–Kier alpha value is -6.92. The monoisotopic (exact) mass is 1030 g/mol. The molecule has 2 heterocycles. The summed E-state index contributed by atoms with van der Waals surface area (Å²) in [6.07, 6.45) is 5.99. The largest absolute Gasteiger partial charge is 0.493 e. The molecule has 0 bridgehead atoms. The molecule has 0 spiro atoms. The van der Waals surface area contributed by atoms with Gasteiger partial charge in [-0.3, -0.25) is 0 Å². The van der Waals surface area contributed by atoms with Gasteiger partial charge in [0, 0.05) is 50.7 Å². The number of rotatable bonds is 26. The van der Waals surface area contributed by atoms with E-state index in [4.69, 9.17) is 66.3 Å². The van der Waals surface area contributed by atoms with E-state index < -0.39 is 11.9 Å². The highest BCUT2D eigenvalue weighted by Crippen LogP contribution is 2.53. The molecule has 4 atom stereocenters. The van der Waals surface area contributed by atoms with Crippen molar-refractivity contribution in [3.63, 3.8) is 0 Å². The van der Waals surface area contributed by atoms with Crippen LogP contribution in [0.1, 0.15) is 58.3 Å². The lowest BCUT2D eigenvalue weighted by Crippen LogP contribution is -2.53. The third kappa shape index (κ3) is 11.9. The van der Waals surface area contributed by atoms with Gasteiger partial charge >= 0.3 is 11.9 Å². The molecule has 1 unspecified atom stereocenters. The van der Waals surface area contributed by atoms with Gasteiger partial charge in [-0.1, -0.05) is 0 Å². The maximum atomic E-state index is 13.0. The molecule has 2 aliphatic rings. The van der Waals surface area contributed by atoms with Crippen LogP contribution >= 0.6 is 0 Å². The maximum Gasteiger partial charge on any atom is 0.331 e. The van der Waals surface area contributed by atoms with Crippen LogP contribution in [0.25, 0.3) is 0 Å². The van der Waals surface area contributed by atoms with E-state index in [2.05, 4.69) is 14.1 Å². The Balaban J connectivity index is 1.11. The Bertz CT molecular complexity index is 2410. The Morgan fingerprint density at radius 1 is 0.432 bits per heavy atom. The first-order valence-electron chi connectivity index (χ1n) is 24.6. The molecule has 0 aromatic heterocycles. The van der Waals surface area contributed by atoms with Gasteiger partial charge in [0.1, 0.15) is 12.1 Å². The molecule has 404 valence electrons. The lowest BCUT2D eigenvalue weighted by molar-refractivity contribution is -0.941. The van der Waals surface area contributed by atoms with Gasteiger partial charge in [-0.05, 0) is 58.7 Å². The predicted molar refractivity (Wildman–Crippen MR) is 277 cm³/mol. The molecule has 18 heteroatoms. The number of nitrogens with zero attached hydrogens (tertiary/aromatic N) is 2. The van der Waals surface area contributed by atoms with Crippen LogP contribution in [0.15, 0.2) is 48.6 Å². The maximum absolute atomic E-state index is 13.0. The molecule has 0 fully saturated rings. The number of methoxy groups -OCH3 is 12. The quantitative estimate of drug-likeness (QED) is 0.0263. The highest BCUT2D eigenvalue weighted by atomic mass is 16.6. The summed E-state index contributed by atoms with van der Waals surface area (Å²) in [5, 5.41) is 0. The van der Waals surface area contributed by atoms with Crippen molar-refractivity contribution in [3.8, 4) is 69.0 Å². The summed E-state index contributed by atoms with van der Waals surface area (Å²) in [6.45, 7) is 3.17. The molecule has 6 rings (SSSR count). The Labute approximate surface area is 435 Å². The van der Waals surface area contributed by atoms with Crippen LogP contribution in [0.5, 0.6) is 69.0 Å². The van der Waals surface area contributed by atoms with Gasteiger partial charge in [-0.25, -0.2) is 9.59 Å². The fourth-order valence-electron chi connectivity index (χ4n) is 10.9. The standard InChI is InChI=1S/C56H76N2O16/c1-57(23-19-37-33-45(65-7)53(69-11)55(71-13)49(37)39(57)27-35-29-41(61-3)51(67-9)42(30-35)62-4)21-15-25-73-47(59)17-18-48(60)74-26-16-22-58(2)24-20-38-34-46(66-8)54(70-12)56(72-14)50(38)40(58)28-36-31-43(63-5)52(68-10)44(32-36)64-6/h17-18,29-34,39-40H,15-16,19-28H2,1-14H3/q+2/t39-,40-,57-,58?/m1/s1. The number of likely N-dealkylation sites (N-methyl/N-ethyl adjacent to an activating group) is 2. The molecule has 4 aromatic rings. The van der Waals surface area contributed by atoms with Crippen LogP contribution in [0, 0.1) is 0 Å². The highest BCUT2D eigenvalue weighted by Gasteiger charge is 2.45. The van der Waals surface area contributed by atoms with Crippen LogP contribution in [0.4, 0.5) is 0 Å². The van der Waals surface area contributed by atoms with Gasteiger partial charge in [0.05, 0.1) is 150 Å². The Morgan fingerprint density at radius 3 is 1.01 bits per heavy atom. The first-order valence-corrected chi connectivity index (χ1v) is 24.6. The summed E-state index contributed by atoms with van der Waals surface area (Å²) in [5.41, 5.74) is 6.17. The number of fused-ring (bicyclic) bond motifs is 2. The van der Waals surface area contributed by atoms with Crippen molar-refractivity contribution in [2.45, 2.75) is 50.6 Å². The second-order valence-electron chi connectivity index (χ2n) is 18.7. The van der Waals surface area contributed by atoms with Gasteiger partial charge in [-0.2, -0.15) is 0 Å². The fraction of sp³-hybridized carbons (Fsp3) is 0.500. The van der Waals surface area contributed by atoms with Crippen molar-refractivity contribution in [3.05, 3.63) is 81.9 Å². The number of quaternary nitrogens is 2. The highest BCUT2D eigenvalue weighted by molar-refractivity contribution is 5.91. The minimum absolute atomic E-state index is 0.125. The van der Waals surface area contributed by atoms with Crippen molar-refractivity contribution >= 4 is 11.9 Å². The predicted octanol–water partition coefficient (Wildman–Crippen LogP) is 7.49. The topological polar surface area (TPSA) is 163 Å². The third-order valence-electron chi connectivity index (χ3n) is 14.6. The normalized spacial score (nSPS) is 18.8. The van der Waals surface area contributed by atoms with E-state index in [0.717, 1.165) is 71.5 Å². The average molecular weight is 1030 g/mol. The summed E-state index contributed by atoms with van der Waals surface area (Å²) in [4.78, 5) is 26.0. The molecule has 0 radical (unpaired) electrons. The average Bonchev–Trinajstić information content (AvgIpc) is 3.42. The number of hydrogen-bond acceptors (Lipinski definition) is 16. The van der Waals surface area contributed by atoms with Crippen molar-refractivity contribution < 1.29 is 84.9 Å². The summed E-state index contributed by atoms with van der Waals surface area (Å²) < 4.78 is 81.9. The number of carbonyl (C=O) groups is 2. The van der Waals surface area contributed by atoms with Gasteiger partial charge in [-0.15, -0.1) is 0 Å². The summed E-state index contributed by atoms with van der Waals surface area (Å²) in [5.74, 6) is 5.40. The molecule has 0 N–H and O–H groups in total. The lowest BCUT2D eigenvalue weighted by Gasteiger charge is -2.46. The molecule has 0 saturated carbocycles. The second-order valence-corrected chi connectivity index (χ2v) is 18.7. The number of esters is 2. The van der Waals surface area contributed by atoms with E-state index >= 15 is 0 Å². The van der Waals surface area contributed by atoms with Gasteiger partial charge in [0.2, 0.25) is 23.0 Å². The first kappa shape index (κ1) is 56.4. The second kappa shape index (κ2) is 25.3. The minimum atomic E-state index is -0.637. The summed E-state index contributed by atoms with van der Waals surface area (Å²) >= 11 is 0. The number of benzene rings is 4. The van der Waals surface area contributed by atoms with Gasteiger partial charge in [0.15, 0.2) is 46.0 Å². The lowest BCUT2D eigenvalue weighted by atomic mass is 9.85. The zero-order valence-corrected chi connectivity index (χ0v) is 45.7. The van der Waals surface area contributed by atoms with Crippen LogP contribution < -0.4 is 56.8 Å². The fourth-order valence-corrected chi connectivity index (χ4v) is 10.9. The molecule has 0 saturated heterocycles. The molecule has 0 aliphatic carbocycles. The minimum Gasteiger partial charge on any atom is -0.493 e. The Kier molecular flexibility index (Phi) is 19.3. The van der Waals surface area contributed by atoms with E-state index in [1.165, 1.54) is 0 Å². The summed E-state index contributed by atoms with van der Waals surface area (Å²) in [7, 11) is 23.7. The van der Waals surface area contributed by atoms with Crippen molar-refractivity contribution in [2.24, 2.45) is 0 Å². The van der Waals surface area contributed by atoms with Gasteiger partial charge < -0.3 is 75.3 Å². The van der Waals surface area contributed by atoms with Crippen molar-refractivity contribution in [1.82, 2.24) is 0 Å². The number of ether oxygens (including phenoxy) is 14. The third-order valence-corrected chi connectivity index (χ3v) is 14.6. The molecule has 74 heavy (non-hydrogen) atoms. The van der Waals surface area contributed by atoms with Crippen LogP contribution in [0.3, 0.4) is 0 Å².